The molecule has 0 fully saturated rings. The fourth-order valence-corrected chi connectivity index (χ4v) is 1.99. The fourth-order valence-electron chi connectivity index (χ4n) is 1.99. The van der Waals surface area contributed by atoms with Crippen LogP contribution in [0.1, 0.15) is 38.9 Å². The van der Waals surface area contributed by atoms with Gasteiger partial charge in [-0.25, -0.2) is 4.39 Å². The second-order valence-corrected chi connectivity index (χ2v) is 5.60. The summed E-state index contributed by atoms with van der Waals surface area (Å²) in [6, 6.07) is 6.35. The van der Waals surface area contributed by atoms with Gasteiger partial charge in [0.2, 0.25) is 0 Å². The van der Waals surface area contributed by atoms with Crippen LogP contribution in [0, 0.1) is 11.7 Å². The molecule has 0 amide bonds. The summed E-state index contributed by atoms with van der Waals surface area (Å²) in [5, 5.41) is 6.54. The number of hydrogen-bond acceptors (Lipinski definition) is 2. The van der Waals surface area contributed by atoms with Crippen molar-refractivity contribution in [2.45, 2.75) is 33.3 Å². The number of methoxy groups -OCH3 is 1. The molecule has 0 aliphatic heterocycles. The summed E-state index contributed by atoms with van der Waals surface area (Å²) in [6.07, 6.45) is 0.914. The molecule has 0 aliphatic carbocycles. The van der Waals surface area contributed by atoms with Crippen molar-refractivity contribution in [3.63, 3.8) is 0 Å². The Morgan fingerprint density at radius 1 is 1.22 bits per heavy atom. The second-order valence-electron chi connectivity index (χ2n) is 5.60. The molecule has 0 bridgehead atoms. The minimum atomic E-state index is -0.245. The van der Waals surface area contributed by atoms with Gasteiger partial charge in [0.15, 0.2) is 5.96 Å². The number of nitrogens with one attached hydrogen (secondary N) is 2. The summed E-state index contributed by atoms with van der Waals surface area (Å²) < 4.78 is 18.4. The number of nitrogens with zero attached hydrogens (tertiary/aromatic N) is 1. The number of aliphatic imine (C=N–C) groups is 1. The number of hydrogen-bond donors (Lipinski definition) is 2. The summed E-state index contributed by atoms with van der Waals surface area (Å²) in [4.78, 5) is 4.56. The molecule has 1 unspecified atom stereocenters. The molecule has 0 radical (unpaired) electrons. The van der Waals surface area contributed by atoms with Crippen molar-refractivity contribution in [2.75, 3.05) is 26.7 Å². The monoisotopic (exact) mass is 437 g/mol. The fraction of sp³-hybridized carbons (Fsp3) is 0.588. The van der Waals surface area contributed by atoms with Gasteiger partial charge in [0.1, 0.15) is 11.9 Å². The molecule has 0 aromatic heterocycles. The minimum absolute atomic E-state index is 0. The van der Waals surface area contributed by atoms with E-state index >= 15 is 0 Å². The highest BCUT2D eigenvalue weighted by molar-refractivity contribution is 14.0. The Bertz CT molecular complexity index is 452. The predicted octanol–water partition coefficient (Wildman–Crippen LogP) is 3.73. The molecule has 1 rings (SSSR count). The lowest BCUT2D eigenvalue weighted by molar-refractivity contribution is 0.111. The zero-order chi connectivity index (χ0) is 16.4. The molecule has 1 atom stereocenters. The van der Waals surface area contributed by atoms with E-state index in [1.54, 1.807) is 19.2 Å². The van der Waals surface area contributed by atoms with Crippen molar-refractivity contribution in [1.29, 1.82) is 0 Å². The van der Waals surface area contributed by atoms with Gasteiger partial charge in [0.25, 0.3) is 0 Å². The maximum Gasteiger partial charge on any atom is 0.191 e. The number of rotatable bonds is 8. The zero-order valence-electron chi connectivity index (χ0n) is 14.4. The first kappa shape index (κ1) is 22.1. The first-order chi connectivity index (χ1) is 10.6. The van der Waals surface area contributed by atoms with E-state index in [9.17, 15) is 4.39 Å². The van der Waals surface area contributed by atoms with Gasteiger partial charge in [-0.2, -0.15) is 0 Å². The average molecular weight is 437 g/mol. The number of benzene rings is 1. The highest BCUT2D eigenvalue weighted by atomic mass is 127. The highest BCUT2D eigenvalue weighted by Gasteiger charge is 2.10. The van der Waals surface area contributed by atoms with Crippen LogP contribution in [0.4, 0.5) is 4.39 Å². The van der Waals surface area contributed by atoms with Gasteiger partial charge >= 0.3 is 0 Å². The lowest BCUT2D eigenvalue weighted by atomic mass is 10.1. The maximum atomic E-state index is 13.0. The molecular weight excluding hydrogens is 408 g/mol. The molecule has 4 nitrogen and oxygen atoms in total. The Labute approximate surface area is 156 Å². The molecule has 1 aromatic rings. The molecule has 0 heterocycles. The molecule has 6 heteroatoms. The quantitative estimate of drug-likeness (QED) is 0.370. The number of guanidine groups is 1. The lowest BCUT2D eigenvalue weighted by Gasteiger charge is -2.16. The Morgan fingerprint density at radius 2 is 1.87 bits per heavy atom. The Balaban J connectivity index is 0.00000484. The van der Waals surface area contributed by atoms with Crippen LogP contribution in [0.3, 0.4) is 0 Å². The van der Waals surface area contributed by atoms with Crippen LogP contribution in [-0.4, -0.2) is 32.7 Å². The van der Waals surface area contributed by atoms with E-state index in [2.05, 4.69) is 29.5 Å². The van der Waals surface area contributed by atoms with Crippen LogP contribution in [0.2, 0.25) is 0 Å². The van der Waals surface area contributed by atoms with Gasteiger partial charge in [0.05, 0.1) is 6.54 Å². The topological polar surface area (TPSA) is 45.7 Å². The van der Waals surface area contributed by atoms with E-state index in [0.717, 1.165) is 31.0 Å². The first-order valence-electron chi connectivity index (χ1n) is 7.87. The van der Waals surface area contributed by atoms with E-state index in [1.165, 1.54) is 12.1 Å². The molecule has 132 valence electrons. The molecule has 1 aromatic carbocycles. The standard InChI is InChI=1S/C17H28FN3O.HI/c1-5-19-17(20-11-10-13(2)3)21-12-16(22-4)14-6-8-15(18)9-7-14;/h6-9,13,16H,5,10-12H2,1-4H3,(H2,19,20,21);1H. The van der Waals surface area contributed by atoms with Crippen molar-refractivity contribution in [1.82, 2.24) is 10.6 Å². The number of halogens is 2. The van der Waals surface area contributed by atoms with Gasteiger partial charge < -0.3 is 15.4 Å². The van der Waals surface area contributed by atoms with Crippen molar-refractivity contribution in [3.8, 4) is 0 Å². The lowest BCUT2D eigenvalue weighted by Crippen LogP contribution is -2.38. The third-order valence-electron chi connectivity index (χ3n) is 3.30. The largest absolute Gasteiger partial charge is 0.375 e. The van der Waals surface area contributed by atoms with Gasteiger partial charge in [-0.15, -0.1) is 24.0 Å². The molecule has 0 spiro atoms. The summed E-state index contributed by atoms with van der Waals surface area (Å²) in [5.74, 6) is 1.19. The van der Waals surface area contributed by atoms with Crippen molar-refractivity contribution < 1.29 is 9.13 Å². The second kappa shape index (κ2) is 12.5. The zero-order valence-corrected chi connectivity index (χ0v) is 16.8. The normalized spacial score (nSPS) is 12.7. The Morgan fingerprint density at radius 3 is 2.39 bits per heavy atom. The van der Waals surface area contributed by atoms with Gasteiger partial charge in [-0.05, 0) is 37.0 Å². The van der Waals surface area contributed by atoms with Crippen LogP contribution in [-0.2, 0) is 4.74 Å². The number of ether oxygens (including phenoxy) is 1. The van der Waals surface area contributed by atoms with Crippen LogP contribution in [0.5, 0.6) is 0 Å². The minimum Gasteiger partial charge on any atom is -0.375 e. The van der Waals surface area contributed by atoms with Crippen molar-refractivity contribution in [2.24, 2.45) is 10.9 Å². The van der Waals surface area contributed by atoms with Crippen molar-refractivity contribution >= 4 is 29.9 Å². The SMILES string of the molecule is CCNC(=NCC(OC)c1ccc(F)cc1)NCCC(C)C.I. The molecule has 23 heavy (non-hydrogen) atoms. The summed E-state index contributed by atoms with van der Waals surface area (Å²) in [5.41, 5.74) is 0.922. The summed E-state index contributed by atoms with van der Waals surface area (Å²) >= 11 is 0. The average Bonchev–Trinajstić information content (AvgIpc) is 2.49. The Kier molecular flexibility index (Phi) is 12.0. The van der Waals surface area contributed by atoms with Crippen LogP contribution >= 0.6 is 24.0 Å². The van der Waals surface area contributed by atoms with Crippen LogP contribution < -0.4 is 10.6 Å². The smallest absolute Gasteiger partial charge is 0.191 e. The molecule has 2 N–H and O–H groups in total. The van der Waals surface area contributed by atoms with Crippen molar-refractivity contribution in [3.05, 3.63) is 35.6 Å². The van der Waals surface area contributed by atoms with Gasteiger partial charge in [-0.1, -0.05) is 26.0 Å². The Hall–Kier alpha value is -0.890. The van der Waals surface area contributed by atoms with E-state index in [-0.39, 0.29) is 35.9 Å². The van der Waals surface area contributed by atoms with E-state index in [4.69, 9.17) is 4.74 Å². The van der Waals surface area contributed by atoms with E-state index in [0.29, 0.717) is 12.5 Å². The van der Waals surface area contributed by atoms with Gasteiger partial charge in [0, 0.05) is 20.2 Å². The predicted molar refractivity (Wildman–Crippen MR) is 105 cm³/mol. The van der Waals surface area contributed by atoms with Gasteiger partial charge in [-0.3, -0.25) is 4.99 Å². The van der Waals surface area contributed by atoms with Crippen LogP contribution in [0.15, 0.2) is 29.3 Å². The van der Waals surface area contributed by atoms with E-state index < -0.39 is 0 Å². The molecular formula is C17H29FIN3O. The van der Waals surface area contributed by atoms with Crippen LogP contribution in [0.25, 0.3) is 0 Å². The molecule has 0 aliphatic rings. The molecule has 0 saturated carbocycles. The van der Waals surface area contributed by atoms with E-state index in [1.807, 2.05) is 6.92 Å². The first-order valence-corrected chi connectivity index (χ1v) is 7.87. The summed E-state index contributed by atoms with van der Waals surface area (Å²) in [7, 11) is 1.64. The molecule has 0 saturated heterocycles. The maximum absolute atomic E-state index is 13.0. The third-order valence-corrected chi connectivity index (χ3v) is 3.30. The highest BCUT2D eigenvalue weighted by Crippen LogP contribution is 2.17. The summed E-state index contributed by atoms with van der Waals surface area (Å²) in [6.45, 7) is 8.61. The third kappa shape index (κ3) is 9.10.